The Morgan fingerprint density at radius 2 is 2.10 bits per heavy atom. The minimum absolute atomic E-state index is 0.112. The molecule has 1 fully saturated rings. The highest BCUT2D eigenvalue weighted by Gasteiger charge is 2.19. The van der Waals surface area contributed by atoms with Gasteiger partial charge in [-0.15, -0.1) is 0 Å². The maximum atomic E-state index is 12.3. The highest BCUT2D eigenvalue weighted by atomic mass is 16.6. The number of aromatic nitrogens is 1. The number of nitro benzene ring substituents is 1. The molecule has 0 unspecified atom stereocenters. The molecule has 1 aliphatic rings. The van der Waals surface area contributed by atoms with Crippen LogP contribution in [0.4, 0.5) is 11.4 Å². The normalized spacial score (nSPS) is 13.2. The third-order valence-corrected chi connectivity index (χ3v) is 4.70. The van der Waals surface area contributed by atoms with Crippen molar-refractivity contribution in [3.63, 3.8) is 0 Å². The number of hydrogen-bond donors (Lipinski definition) is 2. The summed E-state index contributed by atoms with van der Waals surface area (Å²) in [5, 5.41) is 16.7. The van der Waals surface area contributed by atoms with Crippen molar-refractivity contribution in [2.75, 3.05) is 32.0 Å². The summed E-state index contributed by atoms with van der Waals surface area (Å²) < 4.78 is 5.67. The van der Waals surface area contributed by atoms with Crippen LogP contribution in [-0.2, 0) is 4.79 Å². The maximum Gasteiger partial charge on any atom is 0.296 e. The lowest BCUT2D eigenvalue weighted by atomic mass is 10.2. The second-order valence-corrected chi connectivity index (χ2v) is 6.76. The Morgan fingerprint density at radius 1 is 1.30 bits per heavy atom. The van der Waals surface area contributed by atoms with Crippen LogP contribution in [0.1, 0.15) is 29.8 Å². The van der Waals surface area contributed by atoms with Crippen LogP contribution in [0.2, 0.25) is 0 Å². The van der Waals surface area contributed by atoms with Crippen LogP contribution >= 0.6 is 0 Å². The van der Waals surface area contributed by atoms with Crippen LogP contribution in [0, 0.1) is 10.1 Å². The summed E-state index contributed by atoms with van der Waals surface area (Å²) in [5.41, 5.74) is 0.433. The molecule has 10 nitrogen and oxygen atoms in total. The molecule has 158 valence electrons. The largest absolute Gasteiger partial charge is 0.457 e. The van der Waals surface area contributed by atoms with E-state index in [0.717, 1.165) is 13.0 Å². The first-order valence-corrected chi connectivity index (χ1v) is 9.64. The molecule has 0 aliphatic carbocycles. The predicted octanol–water partition coefficient (Wildman–Crippen LogP) is 2.57. The number of anilines is 1. The predicted molar refractivity (Wildman–Crippen MR) is 110 cm³/mol. The first-order valence-electron chi connectivity index (χ1n) is 9.64. The molecule has 0 saturated carbocycles. The van der Waals surface area contributed by atoms with Crippen molar-refractivity contribution in [1.29, 1.82) is 0 Å². The van der Waals surface area contributed by atoms with Gasteiger partial charge < -0.3 is 20.3 Å². The molecule has 3 rings (SSSR count). The van der Waals surface area contributed by atoms with Crippen LogP contribution in [-0.4, -0.2) is 53.3 Å². The number of nitro groups is 1. The summed E-state index contributed by atoms with van der Waals surface area (Å²) in [6.07, 6.45) is 3.59. The number of nitrogens with zero attached hydrogens (tertiary/aromatic N) is 3. The number of benzene rings is 1. The van der Waals surface area contributed by atoms with Crippen molar-refractivity contribution in [2.45, 2.75) is 19.3 Å². The van der Waals surface area contributed by atoms with E-state index in [1.165, 1.54) is 18.3 Å². The van der Waals surface area contributed by atoms with E-state index in [-0.39, 0.29) is 28.9 Å². The number of pyridine rings is 1. The molecule has 10 heteroatoms. The number of amides is 2. The summed E-state index contributed by atoms with van der Waals surface area (Å²) in [7, 11) is 1.60. The fourth-order valence-corrected chi connectivity index (χ4v) is 3.18. The first-order chi connectivity index (χ1) is 14.5. The molecule has 0 radical (unpaired) electrons. The minimum Gasteiger partial charge on any atom is -0.457 e. The molecule has 0 spiro atoms. The van der Waals surface area contributed by atoms with Gasteiger partial charge in [0, 0.05) is 45.4 Å². The van der Waals surface area contributed by atoms with Gasteiger partial charge in [-0.25, -0.2) is 0 Å². The molecule has 2 aromatic rings. The quantitative estimate of drug-likeness (QED) is 0.367. The molecule has 2 heterocycles. The van der Waals surface area contributed by atoms with Crippen LogP contribution in [0.5, 0.6) is 11.5 Å². The molecule has 1 aromatic heterocycles. The molecule has 1 aromatic carbocycles. The van der Waals surface area contributed by atoms with Crippen LogP contribution in [0.3, 0.4) is 0 Å². The van der Waals surface area contributed by atoms with Gasteiger partial charge in [0.05, 0.1) is 11.0 Å². The molecular weight excluding hydrogens is 390 g/mol. The zero-order chi connectivity index (χ0) is 21.5. The van der Waals surface area contributed by atoms with E-state index in [1.54, 1.807) is 30.1 Å². The standard InChI is InChI=1S/C20H23N5O5/c1-21-16-6-5-14(13-18(16)25(28)29)30-15-7-9-22-17(12-15)20(27)23-8-3-11-24-10-2-4-19(24)26/h5-7,9,12-13,21H,2-4,8,10-11H2,1H3,(H,23,27). The first kappa shape index (κ1) is 21.0. The maximum absolute atomic E-state index is 12.3. The molecule has 30 heavy (non-hydrogen) atoms. The fraction of sp³-hybridized carbons (Fsp3) is 0.350. The Bertz CT molecular complexity index is 949. The average molecular weight is 413 g/mol. The topological polar surface area (TPSA) is 127 Å². The smallest absolute Gasteiger partial charge is 0.296 e. The van der Waals surface area contributed by atoms with E-state index in [4.69, 9.17) is 4.74 Å². The summed E-state index contributed by atoms with van der Waals surface area (Å²) in [6.45, 7) is 1.82. The molecular formula is C20H23N5O5. The minimum atomic E-state index is -0.500. The highest BCUT2D eigenvalue weighted by molar-refractivity contribution is 5.92. The molecule has 1 saturated heterocycles. The monoisotopic (exact) mass is 413 g/mol. The van der Waals surface area contributed by atoms with Gasteiger partial charge in [0.2, 0.25) is 5.91 Å². The molecule has 1 aliphatic heterocycles. The fourth-order valence-electron chi connectivity index (χ4n) is 3.18. The average Bonchev–Trinajstić information content (AvgIpc) is 3.15. The Balaban J connectivity index is 1.57. The van der Waals surface area contributed by atoms with Gasteiger partial charge in [-0.05, 0) is 31.0 Å². The van der Waals surface area contributed by atoms with Crippen molar-refractivity contribution in [2.24, 2.45) is 0 Å². The number of carbonyl (C=O) groups is 2. The number of nitrogens with one attached hydrogen (secondary N) is 2. The Hall–Kier alpha value is -3.69. The SMILES string of the molecule is CNc1ccc(Oc2ccnc(C(=O)NCCCN3CCCC3=O)c2)cc1[N+](=O)[O-]. The Labute approximate surface area is 173 Å². The van der Waals surface area contributed by atoms with Crippen molar-refractivity contribution in [3.8, 4) is 11.5 Å². The van der Waals surface area contributed by atoms with Crippen molar-refractivity contribution >= 4 is 23.2 Å². The van der Waals surface area contributed by atoms with Gasteiger partial charge >= 0.3 is 0 Å². The second kappa shape index (κ2) is 9.68. The highest BCUT2D eigenvalue weighted by Crippen LogP contribution is 2.31. The van der Waals surface area contributed by atoms with Crippen molar-refractivity contribution in [1.82, 2.24) is 15.2 Å². The van der Waals surface area contributed by atoms with Crippen LogP contribution < -0.4 is 15.4 Å². The van der Waals surface area contributed by atoms with Crippen molar-refractivity contribution < 1.29 is 19.2 Å². The van der Waals surface area contributed by atoms with E-state index < -0.39 is 4.92 Å². The third kappa shape index (κ3) is 5.22. The Morgan fingerprint density at radius 3 is 2.80 bits per heavy atom. The van der Waals surface area contributed by atoms with E-state index in [0.29, 0.717) is 37.4 Å². The van der Waals surface area contributed by atoms with Gasteiger partial charge in [0.25, 0.3) is 11.6 Å². The van der Waals surface area contributed by atoms with E-state index in [1.807, 2.05) is 0 Å². The number of rotatable bonds is 9. The van der Waals surface area contributed by atoms with E-state index in [2.05, 4.69) is 15.6 Å². The second-order valence-electron chi connectivity index (χ2n) is 6.76. The van der Waals surface area contributed by atoms with E-state index in [9.17, 15) is 19.7 Å². The van der Waals surface area contributed by atoms with Gasteiger partial charge in [-0.3, -0.25) is 24.7 Å². The Kier molecular flexibility index (Phi) is 6.79. The number of hydrogen-bond acceptors (Lipinski definition) is 7. The lowest BCUT2D eigenvalue weighted by molar-refractivity contribution is -0.384. The summed E-state index contributed by atoms with van der Waals surface area (Å²) in [6, 6.07) is 7.49. The number of likely N-dealkylation sites (tertiary alicyclic amines) is 1. The zero-order valence-corrected chi connectivity index (χ0v) is 16.6. The third-order valence-electron chi connectivity index (χ3n) is 4.70. The summed E-state index contributed by atoms with van der Waals surface area (Å²) in [4.78, 5) is 40.4. The van der Waals surface area contributed by atoms with E-state index >= 15 is 0 Å². The number of ether oxygens (including phenoxy) is 1. The van der Waals surface area contributed by atoms with Gasteiger partial charge in [-0.1, -0.05) is 0 Å². The summed E-state index contributed by atoms with van der Waals surface area (Å²) >= 11 is 0. The van der Waals surface area contributed by atoms with Gasteiger partial charge in [0.15, 0.2) is 0 Å². The molecule has 2 N–H and O–H groups in total. The summed E-state index contributed by atoms with van der Waals surface area (Å²) in [5.74, 6) is 0.415. The lowest BCUT2D eigenvalue weighted by Gasteiger charge is -2.15. The molecule has 0 bridgehead atoms. The van der Waals surface area contributed by atoms with Crippen LogP contribution in [0.15, 0.2) is 36.5 Å². The lowest BCUT2D eigenvalue weighted by Crippen LogP contribution is -2.30. The zero-order valence-electron chi connectivity index (χ0n) is 16.6. The molecule has 2 amide bonds. The van der Waals surface area contributed by atoms with Crippen LogP contribution in [0.25, 0.3) is 0 Å². The van der Waals surface area contributed by atoms with Gasteiger partial charge in [0.1, 0.15) is 22.9 Å². The van der Waals surface area contributed by atoms with Gasteiger partial charge in [-0.2, -0.15) is 0 Å². The number of carbonyl (C=O) groups excluding carboxylic acids is 2. The van der Waals surface area contributed by atoms with Crippen molar-refractivity contribution in [3.05, 3.63) is 52.3 Å². The molecule has 0 atom stereocenters.